The summed E-state index contributed by atoms with van der Waals surface area (Å²) in [5.74, 6) is -0.766. The largest absolute Gasteiger partial charge is 0.469 e. The number of nitrogens with zero attached hydrogens (tertiary/aromatic N) is 1. The first kappa shape index (κ1) is 21.2. The highest BCUT2D eigenvalue weighted by Gasteiger charge is 2.21. The zero-order chi connectivity index (χ0) is 21.0. The molecule has 0 saturated carbocycles. The van der Waals surface area contributed by atoms with E-state index < -0.39 is 12.0 Å². The van der Waals surface area contributed by atoms with Gasteiger partial charge in [-0.25, -0.2) is 9.36 Å². The van der Waals surface area contributed by atoms with E-state index in [-0.39, 0.29) is 5.97 Å². The third kappa shape index (κ3) is 4.40. The number of methoxy groups -OCH3 is 1. The summed E-state index contributed by atoms with van der Waals surface area (Å²) in [6.07, 6.45) is 3.70. The van der Waals surface area contributed by atoms with Crippen LogP contribution in [0.5, 0.6) is 0 Å². The quantitative estimate of drug-likeness (QED) is 0.336. The van der Waals surface area contributed by atoms with Crippen molar-refractivity contribution in [2.45, 2.75) is 45.4 Å². The highest BCUT2D eigenvalue weighted by Crippen LogP contribution is 2.33. The molecule has 29 heavy (non-hydrogen) atoms. The third-order valence-corrected chi connectivity index (χ3v) is 5.45. The van der Waals surface area contributed by atoms with Crippen LogP contribution in [0.15, 0.2) is 36.4 Å². The molecule has 0 N–H and O–H groups in total. The maximum atomic E-state index is 12.9. The van der Waals surface area contributed by atoms with Crippen LogP contribution in [-0.4, -0.2) is 30.3 Å². The van der Waals surface area contributed by atoms with E-state index in [1.54, 1.807) is 17.6 Å². The molecule has 0 radical (unpaired) electrons. The molecule has 0 fully saturated rings. The molecule has 0 aliphatic heterocycles. The van der Waals surface area contributed by atoms with Crippen LogP contribution in [0.4, 0.5) is 4.79 Å². The van der Waals surface area contributed by atoms with E-state index in [9.17, 15) is 9.59 Å². The second-order valence-corrected chi connectivity index (χ2v) is 7.63. The molecule has 1 atom stereocenters. The monoisotopic (exact) mass is 415 g/mol. The minimum Gasteiger partial charge on any atom is -0.469 e. The second kappa shape index (κ2) is 9.31. The summed E-state index contributed by atoms with van der Waals surface area (Å²) >= 11 is 6.20. The van der Waals surface area contributed by atoms with Gasteiger partial charge < -0.3 is 9.47 Å². The molecule has 154 valence electrons. The Morgan fingerprint density at radius 3 is 2.55 bits per heavy atom. The highest BCUT2D eigenvalue weighted by molar-refractivity contribution is 6.32. The maximum Gasteiger partial charge on any atom is 0.418 e. The Morgan fingerprint density at radius 1 is 1.03 bits per heavy atom. The van der Waals surface area contributed by atoms with Crippen molar-refractivity contribution in [1.29, 1.82) is 0 Å². The minimum atomic E-state index is -0.440. The maximum absolute atomic E-state index is 12.9. The molecule has 0 amide bonds. The van der Waals surface area contributed by atoms with Gasteiger partial charge in [0.1, 0.15) is 0 Å². The molecule has 0 bridgehead atoms. The topological polar surface area (TPSA) is 57.5 Å². The number of ether oxygens (including phenoxy) is 2. The Balaban J connectivity index is 2.04. The molecular weight excluding hydrogens is 390 g/mol. The van der Waals surface area contributed by atoms with E-state index in [0.717, 1.165) is 47.5 Å². The number of rotatable bonds is 7. The zero-order valence-electron chi connectivity index (χ0n) is 17.0. The van der Waals surface area contributed by atoms with Crippen LogP contribution in [0.3, 0.4) is 0 Å². The molecule has 1 unspecified atom stereocenters. The Kier molecular flexibility index (Phi) is 6.80. The van der Waals surface area contributed by atoms with E-state index >= 15 is 0 Å². The van der Waals surface area contributed by atoms with Crippen LogP contribution >= 0.6 is 11.6 Å². The fraction of sp³-hybridized carbons (Fsp3) is 0.391. The Hall–Kier alpha value is -2.53. The molecular formula is C23H26ClNO4. The SMILES string of the molecule is CCCCCCOC(=O)n1c2ccc(Cl)cc2c2ccc(C(C)C(=O)OC)cc21. The number of benzene rings is 2. The standard InChI is InChI=1S/C23H26ClNO4/c1-4-5-6-7-12-29-23(27)25-20-11-9-17(24)14-19(20)18-10-8-16(13-21(18)25)15(2)22(26)28-3/h8-11,13-15H,4-7,12H2,1-3H3. The van der Waals surface area contributed by atoms with Crippen LogP contribution in [0.1, 0.15) is 51.0 Å². The smallest absolute Gasteiger partial charge is 0.418 e. The van der Waals surface area contributed by atoms with E-state index in [2.05, 4.69) is 6.92 Å². The van der Waals surface area contributed by atoms with Crippen LogP contribution < -0.4 is 0 Å². The van der Waals surface area contributed by atoms with Crippen molar-refractivity contribution in [2.75, 3.05) is 13.7 Å². The van der Waals surface area contributed by atoms with Gasteiger partial charge in [-0.1, -0.05) is 49.9 Å². The van der Waals surface area contributed by atoms with Gasteiger partial charge in [-0.15, -0.1) is 0 Å². The van der Waals surface area contributed by atoms with Gasteiger partial charge in [0.05, 0.1) is 30.7 Å². The van der Waals surface area contributed by atoms with E-state index in [1.807, 2.05) is 30.3 Å². The Labute approximate surface area is 175 Å². The average Bonchev–Trinajstić information content (AvgIpc) is 3.05. The number of hydrogen-bond donors (Lipinski definition) is 0. The molecule has 0 aliphatic carbocycles. The molecule has 3 aromatic rings. The van der Waals surface area contributed by atoms with Gasteiger partial charge in [0.25, 0.3) is 0 Å². The van der Waals surface area contributed by atoms with Crippen LogP contribution in [-0.2, 0) is 14.3 Å². The Morgan fingerprint density at radius 2 is 1.83 bits per heavy atom. The lowest BCUT2D eigenvalue weighted by Gasteiger charge is -2.11. The minimum absolute atomic E-state index is 0.325. The van der Waals surface area contributed by atoms with Crippen molar-refractivity contribution in [1.82, 2.24) is 4.57 Å². The van der Waals surface area contributed by atoms with Crippen molar-refractivity contribution in [3.8, 4) is 0 Å². The van der Waals surface area contributed by atoms with Gasteiger partial charge in [-0.3, -0.25) is 4.79 Å². The number of fused-ring (bicyclic) bond motifs is 3. The molecule has 0 aliphatic rings. The molecule has 1 aromatic heterocycles. The van der Waals surface area contributed by atoms with Gasteiger partial charge in [0.15, 0.2) is 0 Å². The van der Waals surface area contributed by atoms with E-state index in [0.29, 0.717) is 17.1 Å². The summed E-state index contributed by atoms with van der Waals surface area (Å²) in [6, 6.07) is 11.1. The third-order valence-electron chi connectivity index (χ3n) is 5.21. The molecule has 3 rings (SSSR count). The summed E-state index contributed by atoms with van der Waals surface area (Å²) < 4.78 is 12.0. The zero-order valence-corrected chi connectivity index (χ0v) is 17.8. The molecule has 0 spiro atoms. The summed E-state index contributed by atoms with van der Waals surface area (Å²) in [5.41, 5.74) is 2.19. The number of carbonyl (C=O) groups excluding carboxylic acids is 2. The lowest BCUT2D eigenvalue weighted by molar-refractivity contribution is -0.141. The normalized spacial score (nSPS) is 12.3. The predicted octanol–water partition coefficient (Wildman–Crippen LogP) is 6.29. The van der Waals surface area contributed by atoms with Crippen LogP contribution in [0.25, 0.3) is 21.8 Å². The Bertz CT molecular complexity index is 1040. The first-order valence-corrected chi connectivity index (χ1v) is 10.3. The number of hydrogen-bond acceptors (Lipinski definition) is 4. The molecule has 6 heteroatoms. The second-order valence-electron chi connectivity index (χ2n) is 7.19. The van der Waals surface area contributed by atoms with Gasteiger partial charge in [-0.05, 0) is 43.2 Å². The number of unbranched alkanes of at least 4 members (excludes halogenated alkanes) is 3. The van der Waals surface area contributed by atoms with E-state index in [1.165, 1.54) is 7.11 Å². The summed E-state index contributed by atoms with van der Waals surface area (Å²) in [6.45, 7) is 4.30. The van der Waals surface area contributed by atoms with Crippen LogP contribution in [0, 0.1) is 0 Å². The van der Waals surface area contributed by atoms with Crippen molar-refractivity contribution in [3.05, 3.63) is 47.0 Å². The summed E-state index contributed by atoms with van der Waals surface area (Å²) in [7, 11) is 1.37. The summed E-state index contributed by atoms with van der Waals surface area (Å²) in [5, 5.41) is 2.34. The van der Waals surface area contributed by atoms with Gasteiger partial charge in [-0.2, -0.15) is 0 Å². The van der Waals surface area contributed by atoms with Gasteiger partial charge in [0, 0.05) is 15.8 Å². The number of aromatic nitrogens is 1. The van der Waals surface area contributed by atoms with Crippen molar-refractivity contribution >= 4 is 45.5 Å². The van der Waals surface area contributed by atoms with Crippen molar-refractivity contribution < 1.29 is 19.1 Å². The van der Waals surface area contributed by atoms with Gasteiger partial charge >= 0.3 is 12.1 Å². The number of esters is 1. The molecule has 2 aromatic carbocycles. The molecule has 1 heterocycles. The predicted molar refractivity (Wildman–Crippen MR) is 116 cm³/mol. The lowest BCUT2D eigenvalue weighted by atomic mass is 9.99. The average molecular weight is 416 g/mol. The van der Waals surface area contributed by atoms with Crippen LogP contribution in [0.2, 0.25) is 5.02 Å². The van der Waals surface area contributed by atoms with E-state index in [4.69, 9.17) is 21.1 Å². The lowest BCUT2D eigenvalue weighted by Crippen LogP contribution is -2.15. The molecule has 0 saturated heterocycles. The van der Waals surface area contributed by atoms with Crippen molar-refractivity contribution in [2.24, 2.45) is 0 Å². The highest BCUT2D eigenvalue weighted by atomic mass is 35.5. The summed E-state index contributed by atoms with van der Waals surface area (Å²) in [4.78, 5) is 24.9. The first-order valence-electron chi connectivity index (χ1n) is 9.96. The number of halogens is 1. The molecule has 5 nitrogen and oxygen atoms in total. The fourth-order valence-corrected chi connectivity index (χ4v) is 3.71. The first-order chi connectivity index (χ1) is 14.0. The van der Waals surface area contributed by atoms with Gasteiger partial charge in [0.2, 0.25) is 0 Å². The van der Waals surface area contributed by atoms with Crippen molar-refractivity contribution in [3.63, 3.8) is 0 Å². The fourth-order valence-electron chi connectivity index (χ4n) is 3.54. The number of carbonyl (C=O) groups is 2.